The van der Waals surface area contributed by atoms with Gasteiger partial charge in [0.25, 0.3) is 0 Å². The lowest BCUT2D eigenvalue weighted by Gasteiger charge is -2.12. The smallest absolute Gasteiger partial charge is 0.0971 e. The van der Waals surface area contributed by atoms with Gasteiger partial charge in [-0.3, -0.25) is 29.9 Å². The topological polar surface area (TPSA) is 77.3 Å². The Morgan fingerprint density at radius 2 is 0.420 bits per heavy atom. The molecule has 0 saturated carbocycles. The molecular weight excluding hydrogens is 1730 g/mol. The maximum atomic E-state index is 4.74. The summed E-state index contributed by atoms with van der Waals surface area (Å²) in [6.07, 6.45) is 10.7. The Morgan fingerprint density at radius 3 is 0.855 bits per heavy atom. The van der Waals surface area contributed by atoms with Crippen molar-refractivity contribution in [1.29, 1.82) is 0 Å². The van der Waals surface area contributed by atoms with E-state index in [0.29, 0.717) is 0 Å². The van der Waals surface area contributed by atoms with E-state index in [-0.39, 0.29) is 0 Å². The third-order valence-electron chi connectivity index (χ3n) is 27.8. The molecule has 0 saturated heterocycles. The summed E-state index contributed by atoms with van der Waals surface area (Å²) < 4.78 is 7.98. The molecule has 0 aliphatic rings. The molecule has 646 valence electrons. The van der Waals surface area contributed by atoms with Crippen molar-refractivity contribution in [3.05, 3.63) is 460 Å². The van der Waals surface area contributed by atoms with E-state index >= 15 is 0 Å². The van der Waals surface area contributed by atoms with Crippen LogP contribution in [0, 0.1) is 20.8 Å². The van der Waals surface area contributed by atoms with Crippen molar-refractivity contribution in [2.75, 3.05) is 0 Å². The highest BCUT2D eigenvalue weighted by Gasteiger charge is 2.23. The van der Waals surface area contributed by atoms with Gasteiger partial charge in [0.1, 0.15) is 0 Å². The van der Waals surface area contributed by atoms with Crippen LogP contribution >= 0.6 is 34.0 Å². The largest absolute Gasteiger partial charge is 0.252 e. The second kappa shape index (κ2) is 33.9. The van der Waals surface area contributed by atoms with E-state index in [1.54, 1.807) is 37.2 Å². The molecule has 28 aromatic rings. The predicted octanol–water partition coefficient (Wildman–Crippen LogP) is 36.5. The van der Waals surface area contributed by atoms with Gasteiger partial charge in [-0.2, -0.15) is 0 Å². The highest BCUT2D eigenvalue weighted by molar-refractivity contribution is 7.27. The third-order valence-corrected chi connectivity index (χ3v) is 31.6. The molecule has 9 heteroatoms. The van der Waals surface area contributed by atoms with Crippen molar-refractivity contribution in [3.8, 4) is 111 Å². The molecule has 0 fully saturated rings. The fraction of sp³-hybridized carbons (Fsp3) is 0.0233. The summed E-state index contributed by atoms with van der Waals surface area (Å²) in [5, 5.41) is 21.9. The fourth-order valence-corrected chi connectivity index (χ4v) is 25.4. The Labute approximate surface area is 808 Å². The van der Waals surface area contributed by atoms with Gasteiger partial charge in [0.05, 0.1) is 33.1 Å². The molecule has 0 N–H and O–H groups in total. The maximum absolute atomic E-state index is 4.74. The van der Waals surface area contributed by atoms with Crippen molar-refractivity contribution in [2.45, 2.75) is 20.8 Å². The van der Waals surface area contributed by atoms with E-state index < -0.39 is 0 Å². The summed E-state index contributed by atoms with van der Waals surface area (Å²) in [6, 6.07) is 148. The lowest BCUT2D eigenvalue weighted by molar-refractivity contribution is 1.31. The molecule has 6 nitrogen and oxygen atoms in total. The van der Waals surface area contributed by atoms with E-state index in [4.69, 9.17) is 24.9 Å². The van der Waals surface area contributed by atoms with E-state index in [0.717, 1.165) is 65.4 Å². The molecule has 22 aromatic carbocycles. The number of fused-ring (bicyclic) bond motifs is 27. The minimum Gasteiger partial charge on any atom is -0.252 e. The summed E-state index contributed by atoms with van der Waals surface area (Å²) in [7, 11) is 0. The Hall–Kier alpha value is -16.9. The monoisotopic (exact) mass is 1810 g/mol. The van der Waals surface area contributed by atoms with Gasteiger partial charge in [0.2, 0.25) is 0 Å². The predicted molar refractivity (Wildman–Crippen MR) is 591 cm³/mol. The Kier molecular flexibility index (Phi) is 20.1. The first kappa shape index (κ1) is 81.8. The minimum absolute atomic E-state index is 0.944. The minimum atomic E-state index is 0.944. The lowest BCUT2D eigenvalue weighted by Crippen LogP contribution is -1.90. The van der Waals surface area contributed by atoms with Crippen molar-refractivity contribution < 1.29 is 0 Å². The van der Waals surface area contributed by atoms with Crippen LogP contribution in [0.15, 0.2) is 444 Å². The number of nitrogens with zero attached hydrogens (tertiary/aromatic N) is 6. The zero-order chi connectivity index (χ0) is 91.6. The van der Waals surface area contributed by atoms with Crippen LogP contribution in [-0.2, 0) is 0 Å². The molecular formula is C129H82N6S3. The summed E-state index contributed by atoms with van der Waals surface area (Å²) in [5.74, 6) is 0. The third kappa shape index (κ3) is 14.1. The van der Waals surface area contributed by atoms with E-state index in [2.05, 4.69) is 432 Å². The molecule has 0 amide bonds. The van der Waals surface area contributed by atoms with E-state index in [1.165, 1.54) is 221 Å². The van der Waals surface area contributed by atoms with Gasteiger partial charge in [-0.15, -0.1) is 34.0 Å². The van der Waals surface area contributed by atoms with Crippen LogP contribution in [0.4, 0.5) is 0 Å². The Balaban J connectivity index is 0.000000107. The normalized spacial score (nSPS) is 11.7. The Morgan fingerprint density at radius 1 is 0.152 bits per heavy atom. The van der Waals surface area contributed by atoms with Crippen molar-refractivity contribution in [1.82, 2.24) is 29.9 Å². The lowest BCUT2D eigenvalue weighted by atomic mass is 9.92. The number of hydrogen-bond donors (Lipinski definition) is 0. The molecule has 6 aromatic heterocycles. The highest BCUT2D eigenvalue weighted by Crippen LogP contribution is 2.51. The maximum Gasteiger partial charge on any atom is 0.0971 e. The summed E-state index contributed by atoms with van der Waals surface area (Å²) in [6.45, 7) is 6.66. The van der Waals surface area contributed by atoms with Crippen LogP contribution in [-0.4, -0.2) is 29.9 Å². The molecule has 0 spiro atoms. The SMILES string of the molecule is Cc1cc(C)c(-c2cccc3c2sc2c(-c4cccc(-c5ccc6c(c5)c5ccccc5c5nccnc65)c4)cccc23)c(C)c1.c1ccc(-c2ccc3sc4c(-c5ccc(-c6ccc7c(c6)c6ccccc6c6nccnc76)cc5)cc(-c5ccccc5)cc4c3c2)cc1.c1ccc(-c2cccc3c2sc2c(-c4ccc(-c5ccc6c(c5)c5ccccc5c5nccnc65)cc4)cccc23)cc1. The van der Waals surface area contributed by atoms with Crippen LogP contribution < -0.4 is 0 Å². The molecule has 28 rings (SSSR count). The molecule has 6 heterocycles. The van der Waals surface area contributed by atoms with Gasteiger partial charge >= 0.3 is 0 Å². The summed E-state index contributed by atoms with van der Waals surface area (Å²) >= 11 is 5.70. The van der Waals surface area contributed by atoms with E-state index in [9.17, 15) is 0 Å². The number of rotatable bonds is 10. The summed E-state index contributed by atoms with van der Waals surface area (Å²) in [5.41, 5.74) is 34.5. The number of hydrogen-bond acceptors (Lipinski definition) is 9. The van der Waals surface area contributed by atoms with Crippen LogP contribution in [0.25, 0.3) is 270 Å². The molecule has 0 aliphatic heterocycles. The van der Waals surface area contributed by atoms with Crippen molar-refractivity contribution in [2.24, 2.45) is 0 Å². The zero-order valence-corrected chi connectivity index (χ0v) is 78.0. The van der Waals surface area contributed by atoms with Gasteiger partial charge in [-0.05, 0) is 213 Å². The average Bonchev–Trinajstić information content (AvgIpc) is 0.975. The van der Waals surface area contributed by atoms with Crippen molar-refractivity contribution in [3.63, 3.8) is 0 Å². The van der Waals surface area contributed by atoms with Gasteiger partial charge in [0, 0.05) is 141 Å². The summed E-state index contributed by atoms with van der Waals surface area (Å²) in [4.78, 5) is 28.3. The van der Waals surface area contributed by atoms with Crippen molar-refractivity contribution >= 4 is 192 Å². The quantitative estimate of drug-likeness (QED) is 0.127. The molecule has 0 bridgehead atoms. The first-order chi connectivity index (χ1) is 68.2. The molecule has 0 radical (unpaired) electrons. The fourth-order valence-electron chi connectivity index (χ4n) is 21.4. The number of aromatic nitrogens is 6. The van der Waals surface area contributed by atoms with Gasteiger partial charge in [-0.25, -0.2) is 0 Å². The highest BCUT2D eigenvalue weighted by atomic mass is 32.1. The Bertz CT molecular complexity index is 9690. The molecule has 0 atom stereocenters. The van der Waals surface area contributed by atoms with Crippen LogP contribution in [0.2, 0.25) is 0 Å². The van der Waals surface area contributed by atoms with Gasteiger partial charge in [0.15, 0.2) is 0 Å². The zero-order valence-electron chi connectivity index (χ0n) is 75.6. The second-order valence-electron chi connectivity index (χ2n) is 35.9. The molecule has 0 aliphatic carbocycles. The number of benzene rings is 22. The van der Waals surface area contributed by atoms with Crippen LogP contribution in [0.1, 0.15) is 16.7 Å². The standard InChI is InChI=1S/C46H28N2S.C43H30N2S.C40H24N2S/c1-3-9-29(10-4-1)34-20-22-43-41(26-34)42-28-35(30-11-5-2-6-12-30)27-39(46(42)49-43)32-17-15-31(16-18-32)33-19-21-38-40(25-33)36-13-7-8-14-37(36)44-45(38)48-24-23-47-44;1-25-21-26(2)39(27(3)22-25)37-16-8-15-36-35-14-7-13-31(42(35)46-43(36)37)30-10-6-9-28(23-30)29-17-18-34-38(24-29)32-11-4-5-12-33(32)40-41(34)45-20-19-44-40;1-2-8-26(9-3-1)29-12-6-14-34-35-15-7-13-30(40(35)43-39(29)34)27-18-16-25(17-19-27)28-20-21-33-36(24-28)31-10-4-5-11-32(31)37-38(33)42-23-22-41-37/h1-28H;4-24H,1-3H3;1-24H. The average molecular weight is 1810 g/mol. The first-order valence-corrected chi connectivity index (χ1v) is 49.2. The van der Waals surface area contributed by atoms with Gasteiger partial charge < -0.3 is 0 Å². The number of thiophene rings is 3. The first-order valence-electron chi connectivity index (χ1n) is 46.8. The molecule has 138 heavy (non-hydrogen) atoms. The molecule has 0 unspecified atom stereocenters. The van der Waals surface area contributed by atoms with Crippen LogP contribution in [0.5, 0.6) is 0 Å². The van der Waals surface area contributed by atoms with Crippen LogP contribution in [0.3, 0.4) is 0 Å². The van der Waals surface area contributed by atoms with Gasteiger partial charge in [-0.1, -0.05) is 363 Å². The van der Waals surface area contributed by atoms with E-state index in [1.807, 2.05) is 34.0 Å². The second-order valence-corrected chi connectivity index (χ2v) is 39.0. The number of aryl methyl sites for hydroxylation is 3.